The van der Waals surface area contributed by atoms with Gasteiger partial charge in [0.2, 0.25) is 0 Å². The molecule has 2 rings (SSSR count). The minimum atomic E-state index is -0.555. The van der Waals surface area contributed by atoms with Crippen LogP contribution in [-0.4, -0.2) is 10.3 Å². The van der Waals surface area contributed by atoms with E-state index < -0.39 is 10.7 Å². The lowest BCUT2D eigenvalue weighted by Crippen LogP contribution is -2.27. The van der Waals surface area contributed by atoms with Crippen LogP contribution in [0.1, 0.15) is 38.2 Å². The molecule has 3 nitrogen and oxygen atoms in total. The third-order valence-corrected chi connectivity index (χ3v) is 4.80. The molecule has 0 aliphatic heterocycles. The van der Waals surface area contributed by atoms with Crippen LogP contribution in [0.5, 0.6) is 0 Å². The van der Waals surface area contributed by atoms with E-state index >= 15 is 0 Å². The number of hydrogen-bond acceptors (Lipinski definition) is 2. The number of nitrogens with zero attached hydrogens (tertiary/aromatic N) is 1. The van der Waals surface area contributed by atoms with Crippen LogP contribution in [0.4, 0.5) is 10.1 Å². The monoisotopic (exact) mass is 299 g/mol. The highest BCUT2D eigenvalue weighted by Crippen LogP contribution is 2.36. The number of halogens is 2. The Morgan fingerprint density at radius 1 is 1.40 bits per heavy atom. The van der Waals surface area contributed by atoms with Crippen molar-refractivity contribution in [3.8, 4) is 0 Å². The molecule has 0 saturated heterocycles. The summed E-state index contributed by atoms with van der Waals surface area (Å²) < 4.78 is 13.4. The van der Waals surface area contributed by atoms with Crippen molar-refractivity contribution in [2.24, 2.45) is 11.8 Å². The Kier molecular flexibility index (Phi) is 4.97. The molecule has 0 aromatic heterocycles. The molecule has 0 N–H and O–H groups in total. The Morgan fingerprint density at radius 3 is 2.80 bits per heavy atom. The molecule has 1 aromatic carbocycles. The van der Waals surface area contributed by atoms with Gasteiger partial charge in [-0.2, -0.15) is 0 Å². The number of nitro benzene ring substituents is 1. The Balaban J connectivity index is 2.14. The molecule has 5 heteroatoms. The summed E-state index contributed by atoms with van der Waals surface area (Å²) in [6.07, 6.45) is 4.88. The zero-order valence-corrected chi connectivity index (χ0v) is 12.3. The highest BCUT2D eigenvalue weighted by molar-refractivity contribution is 6.20. The first-order valence-corrected chi connectivity index (χ1v) is 7.51. The highest BCUT2D eigenvalue weighted by Gasteiger charge is 2.28. The van der Waals surface area contributed by atoms with E-state index in [1.807, 2.05) is 0 Å². The molecule has 110 valence electrons. The summed E-state index contributed by atoms with van der Waals surface area (Å²) in [7, 11) is 0. The molecule has 20 heavy (non-hydrogen) atoms. The molecule has 3 unspecified atom stereocenters. The van der Waals surface area contributed by atoms with Crippen molar-refractivity contribution >= 4 is 17.3 Å². The zero-order valence-electron chi connectivity index (χ0n) is 11.5. The fourth-order valence-electron chi connectivity index (χ4n) is 3.07. The van der Waals surface area contributed by atoms with Crippen LogP contribution < -0.4 is 0 Å². The van der Waals surface area contributed by atoms with Gasteiger partial charge in [-0.3, -0.25) is 10.1 Å². The highest BCUT2D eigenvalue weighted by atomic mass is 35.5. The average Bonchev–Trinajstić information content (AvgIpc) is 2.40. The fourth-order valence-corrected chi connectivity index (χ4v) is 3.38. The summed E-state index contributed by atoms with van der Waals surface area (Å²) >= 11 is 6.37. The number of alkyl halides is 1. The molecule has 1 aromatic rings. The lowest BCUT2D eigenvalue weighted by atomic mass is 9.77. The number of benzene rings is 1. The second kappa shape index (κ2) is 6.53. The Labute approximate surface area is 123 Å². The maximum absolute atomic E-state index is 13.4. The first-order valence-electron chi connectivity index (χ1n) is 7.07. The summed E-state index contributed by atoms with van der Waals surface area (Å²) in [5.74, 6) is 0.387. The van der Waals surface area contributed by atoms with Gasteiger partial charge in [0.1, 0.15) is 5.82 Å². The van der Waals surface area contributed by atoms with E-state index in [0.717, 1.165) is 31.7 Å². The van der Waals surface area contributed by atoms with Crippen LogP contribution in [0.3, 0.4) is 0 Å². The Morgan fingerprint density at radius 2 is 2.15 bits per heavy atom. The van der Waals surface area contributed by atoms with Gasteiger partial charge in [-0.05, 0) is 49.1 Å². The molecule has 1 fully saturated rings. The quantitative estimate of drug-likeness (QED) is 0.459. The van der Waals surface area contributed by atoms with Gasteiger partial charge < -0.3 is 0 Å². The van der Waals surface area contributed by atoms with Gasteiger partial charge >= 0.3 is 0 Å². The van der Waals surface area contributed by atoms with Crippen LogP contribution in [-0.2, 0) is 6.42 Å². The Bertz CT molecular complexity index is 495. The number of non-ortho nitro benzene ring substituents is 1. The van der Waals surface area contributed by atoms with E-state index in [2.05, 4.69) is 6.92 Å². The predicted octanol–water partition coefficient (Wildman–Crippen LogP) is 4.71. The molecular formula is C15H19ClFNO2. The number of nitro groups is 1. The molecule has 0 radical (unpaired) electrons. The molecule has 1 aliphatic rings. The normalized spacial score (nSPS) is 26.4. The van der Waals surface area contributed by atoms with E-state index in [1.54, 1.807) is 0 Å². The molecule has 1 saturated carbocycles. The predicted molar refractivity (Wildman–Crippen MR) is 77.5 cm³/mol. The average molecular weight is 300 g/mol. The van der Waals surface area contributed by atoms with Crippen LogP contribution in [0, 0.1) is 27.8 Å². The molecule has 1 aliphatic carbocycles. The van der Waals surface area contributed by atoms with E-state index in [9.17, 15) is 14.5 Å². The fraction of sp³-hybridized carbons (Fsp3) is 0.600. The summed E-state index contributed by atoms with van der Waals surface area (Å²) in [4.78, 5) is 10.2. The Hall–Kier alpha value is -1.16. The van der Waals surface area contributed by atoms with Crippen LogP contribution >= 0.6 is 11.6 Å². The molecule has 3 atom stereocenters. The lowest BCUT2D eigenvalue weighted by Gasteiger charge is -2.32. The van der Waals surface area contributed by atoms with Crippen molar-refractivity contribution in [2.75, 3.05) is 0 Å². The van der Waals surface area contributed by atoms with Crippen LogP contribution in [0.15, 0.2) is 18.2 Å². The summed E-state index contributed by atoms with van der Waals surface area (Å²) in [6.45, 7) is 2.17. The molecule has 0 spiro atoms. The van der Waals surface area contributed by atoms with Crippen molar-refractivity contribution < 1.29 is 9.31 Å². The van der Waals surface area contributed by atoms with Gasteiger partial charge in [0.05, 0.1) is 11.0 Å². The van der Waals surface area contributed by atoms with E-state index in [4.69, 9.17) is 11.6 Å². The van der Waals surface area contributed by atoms with Gasteiger partial charge in [0, 0.05) is 11.4 Å². The van der Waals surface area contributed by atoms with Gasteiger partial charge in [-0.15, -0.1) is 11.6 Å². The number of hydrogen-bond donors (Lipinski definition) is 0. The first-order chi connectivity index (χ1) is 9.49. The van der Waals surface area contributed by atoms with Gasteiger partial charge in [-0.25, -0.2) is 4.39 Å². The maximum Gasteiger partial charge on any atom is 0.272 e. The van der Waals surface area contributed by atoms with Gasteiger partial charge in [0.25, 0.3) is 5.69 Å². The number of rotatable bonds is 4. The van der Waals surface area contributed by atoms with E-state index in [-0.39, 0.29) is 17.0 Å². The maximum atomic E-state index is 13.4. The standard InChI is InChI=1S/C15H19ClFNO2/c1-2-10-3-4-15(16)12(5-10)6-11-7-13(17)9-14(8-11)18(19)20/h7-10,12,15H,2-6H2,1H3. The topological polar surface area (TPSA) is 43.1 Å². The summed E-state index contributed by atoms with van der Waals surface area (Å²) in [5, 5.41) is 10.9. The van der Waals surface area contributed by atoms with Gasteiger partial charge in [-0.1, -0.05) is 13.3 Å². The second-order valence-electron chi connectivity index (χ2n) is 5.64. The smallest absolute Gasteiger partial charge is 0.258 e. The van der Waals surface area contributed by atoms with E-state index in [1.165, 1.54) is 12.1 Å². The molecule has 0 bridgehead atoms. The lowest BCUT2D eigenvalue weighted by molar-refractivity contribution is -0.385. The molecule has 0 amide bonds. The van der Waals surface area contributed by atoms with E-state index in [0.29, 0.717) is 17.9 Å². The molecule has 0 heterocycles. The zero-order chi connectivity index (χ0) is 14.7. The van der Waals surface area contributed by atoms with Crippen LogP contribution in [0.2, 0.25) is 0 Å². The molecular weight excluding hydrogens is 281 g/mol. The van der Waals surface area contributed by atoms with Crippen molar-refractivity contribution in [3.63, 3.8) is 0 Å². The minimum Gasteiger partial charge on any atom is -0.258 e. The summed E-state index contributed by atoms with van der Waals surface area (Å²) in [5.41, 5.74) is 0.484. The minimum absolute atomic E-state index is 0.0834. The largest absolute Gasteiger partial charge is 0.272 e. The first kappa shape index (κ1) is 15.2. The van der Waals surface area contributed by atoms with Crippen molar-refractivity contribution in [1.82, 2.24) is 0 Å². The van der Waals surface area contributed by atoms with Crippen molar-refractivity contribution in [1.29, 1.82) is 0 Å². The SMILES string of the molecule is CCC1CCC(Cl)C(Cc2cc(F)cc([N+](=O)[O-])c2)C1. The van der Waals surface area contributed by atoms with Gasteiger partial charge in [0.15, 0.2) is 0 Å². The third kappa shape index (κ3) is 3.69. The third-order valence-electron chi connectivity index (χ3n) is 4.23. The van der Waals surface area contributed by atoms with Crippen LogP contribution in [0.25, 0.3) is 0 Å². The summed E-state index contributed by atoms with van der Waals surface area (Å²) in [6, 6.07) is 3.80. The van der Waals surface area contributed by atoms with Crippen molar-refractivity contribution in [3.05, 3.63) is 39.7 Å². The van der Waals surface area contributed by atoms with Crippen molar-refractivity contribution in [2.45, 2.75) is 44.4 Å². The second-order valence-corrected chi connectivity index (χ2v) is 6.20.